The highest BCUT2D eigenvalue weighted by Crippen LogP contribution is 2.64. The summed E-state index contributed by atoms with van der Waals surface area (Å²) in [5, 5.41) is 0. The second kappa shape index (κ2) is 5.00. The lowest BCUT2D eigenvalue weighted by Gasteiger charge is -2.57. The highest BCUT2D eigenvalue weighted by molar-refractivity contribution is 5.05. The first-order valence-electron chi connectivity index (χ1n) is 8.98. The molecule has 0 heteroatoms. The van der Waals surface area contributed by atoms with Crippen molar-refractivity contribution in [1.82, 2.24) is 0 Å². The Morgan fingerprint density at radius 2 is 1.19 bits per heavy atom. The molecule has 0 aliphatic heterocycles. The van der Waals surface area contributed by atoms with Gasteiger partial charge >= 0.3 is 0 Å². The zero-order valence-electron chi connectivity index (χ0n) is 17.1. The molecule has 1 aliphatic rings. The molecule has 1 rings (SSSR count). The Morgan fingerprint density at radius 1 is 0.762 bits per heavy atom. The van der Waals surface area contributed by atoms with Gasteiger partial charge < -0.3 is 0 Å². The Balaban J connectivity index is 3.47. The summed E-state index contributed by atoms with van der Waals surface area (Å²) < 4.78 is 0. The van der Waals surface area contributed by atoms with Crippen LogP contribution in [0.5, 0.6) is 0 Å². The molecule has 1 fully saturated rings. The van der Waals surface area contributed by atoms with E-state index in [1.807, 2.05) is 0 Å². The van der Waals surface area contributed by atoms with Crippen LogP contribution < -0.4 is 0 Å². The summed E-state index contributed by atoms with van der Waals surface area (Å²) >= 11 is 0. The van der Waals surface area contributed by atoms with E-state index in [2.05, 4.69) is 83.1 Å². The first kappa shape index (κ1) is 19.0. The molecule has 1 saturated carbocycles. The zero-order chi connectivity index (χ0) is 17.1. The van der Waals surface area contributed by atoms with Gasteiger partial charge in [-0.05, 0) is 51.8 Å². The van der Waals surface area contributed by atoms with E-state index in [0.717, 1.165) is 11.8 Å². The van der Waals surface area contributed by atoms with Crippen molar-refractivity contribution >= 4 is 0 Å². The predicted octanol–water partition coefficient (Wildman–Crippen LogP) is 7.18. The molecule has 0 N–H and O–H groups in total. The fraction of sp³-hybridized carbons (Fsp3) is 1.00. The Morgan fingerprint density at radius 3 is 1.57 bits per heavy atom. The van der Waals surface area contributed by atoms with Crippen molar-refractivity contribution in [2.45, 2.75) is 95.9 Å². The summed E-state index contributed by atoms with van der Waals surface area (Å²) in [6, 6.07) is 0. The molecule has 1 aliphatic carbocycles. The van der Waals surface area contributed by atoms with E-state index < -0.39 is 0 Å². The summed E-state index contributed by atoms with van der Waals surface area (Å²) in [5.74, 6) is 1.46. The summed E-state index contributed by atoms with van der Waals surface area (Å²) in [6.45, 7) is 29.9. The van der Waals surface area contributed by atoms with Gasteiger partial charge in [0.15, 0.2) is 0 Å². The van der Waals surface area contributed by atoms with E-state index >= 15 is 0 Å². The molecule has 0 aromatic carbocycles. The van der Waals surface area contributed by atoms with Gasteiger partial charge in [-0.2, -0.15) is 0 Å². The molecule has 0 heterocycles. The van der Waals surface area contributed by atoms with E-state index in [1.165, 1.54) is 12.8 Å². The molecular formula is C21H42. The van der Waals surface area contributed by atoms with Crippen LogP contribution in [0.1, 0.15) is 95.9 Å². The van der Waals surface area contributed by atoms with Crippen molar-refractivity contribution in [2.24, 2.45) is 38.9 Å². The van der Waals surface area contributed by atoms with Gasteiger partial charge in [0.25, 0.3) is 0 Å². The monoisotopic (exact) mass is 294 g/mol. The highest BCUT2D eigenvalue weighted by Gasteiger charge is 2.57. The first-order chi connectivity index (χ1) is 8.98. The van der Waals surface area contributed by atoms with Crippen LogP contribution in [0.3, 0.4) is 0 Å². The Hall–Kier alpha value is 0. The average Bonchev–Trinajstić information content (AvgIpc) is 2.27. The van der Waals surface area contributed by atoms with E-state index in [-0.39, 0.29) is 0 Å². The summed E-state index contributed by atoms with van der Waals surface area (Å²) in [7, 11) is 0. The third-order valence-electron chi connectivity index (χ3n) is 8.33. The summed E-state index contributed by atoms with van der Waals surface area (Å²) in [5.41, 5.74) is 1.84. The third kappa shape index (κ3) is 2.93. The molecule has 0 amide bonds. The van der Waals surface area contributed by atoms with E-state index in [0.29, 0.717) is 27.1 Å². The maximum Gasteiger partial charge on any atom is -0.0269 e. The molecule has 2 atom stereocenters. The molecule has 0 spiro atoms. The molecule has 21 heavy (non-hydrogen) atoms. The lowest BCUT2D eigenvalue weighted by atomic mass is 9.48. The average molecular weight is 295 g/mol. The van der Waals surface area contributed by atoms with E-state index in [1.54, 1.807) is 0 Å². The van der Waals surface area contributed by atoms with Crippen molar-refractivity contribution in [2.75, 3.05) is 0 Å². The largest absolute Gasteiger partial charge is 0.0617 e. The van der Waals surface area contributed by atoms with Crippen molar-refractivity contribution in [3.05, 3.63) is 0 Å². The van der Waals surface area contributed by atoms with Crippen molar-refractivity contribution in [3.8, 4) is 0 Å². The van der Waals surface area contributed by atoms with E-state index in [9.17, 15) is 0 Å². The minimum absolute atomic E-state index is 0.327. The zero-order valence-corrected chi connectivity index (χ0v) is 17.1. The Labute approximate surface area is 135 Å². The summed E-state index contributed by atoms with van der Waals surface area (Å²) in [6.07, 6.45) is 2.69. The van der Waals surface area contributed by atoms with Gasteiger partial charge in [-0.25, -0.2) is 0 Å². The van der Waals surface area contributed by atoms with Gasteiger partial charge in [0.1, 0.15) is 0 Å². The maximum atomic E-state index is 2.53. The molecule has 0 nitrogen and oxygen atoms in total. The van der Waals surface area contributed by atoms with Gasteiger partial charge in [-0.1, -0.05) is 83.1 Å². The maximum absolute atomic E-state index is 2.53. The molecule has 2 unspecified atom stereocenters. The van der Waals surface area contributed by atoms with Crippen LogP contribution in [-0.4, -0.2) is 0 Å². The number of rotatable bonds is 1. The van der Waals surface area contributed by atoms with Crippen molar-refractivity contribution < 1.29 is 0 Å². The van der Waals surface area contributed by atoms with Crippen LogP contribution in [0, 0.1) is 38.9 Å². The molecule has 0 aromatic heterocycles. The van der Waals surface area contributed by atoms with Crippen LogP contribution in [0.25, 0.3) is 0 Å². The van der Waals surface area contributed by atoms with Crippen LogP contribution in [0.4, 0.5) is 0 Å². The smallest absolute Gasteiger partial charge is 0.0269 e. The SMILES string of the molecule is CC1C(C(C)(C)C(C)(C)C)C(C)(C)CCC(C)(C)C1(C)C. The third-order valence-corrected chi connectivity index (χ3v) is 8.33. The second-order valence-corrected chi connectivity index (χ2v) is 11.3. The van der Waals surface area contributed by atoms with Gasteiger partial charge in [0, 0.05) is 0 Å². The number of hydrogen-bond acceptors (Lipinski definition) is 0. The van der Waals surface area contributed by atoms with Gasteiger partial charge in [-0.15, -0.1) is 0 Å². The molecule has 126 valence electrons. The standard InChI is InChI=1S/C21H42/c1-15-16(21(11,12)17(2,3)4)18(5,6)13-14-19(7,8)20(15,9)10/h15-16H,13-14H2,1-12H3. The predicted molar refractivity (Wildman–Crippen MR) is 96.5 cm³/mol. The summed E-state index contributed by atoms with van der Waals surface area (Å²) in [4.78, 5) is 0. The topological polar surface area (TPSA) is 0 Å². The number of hydrogen-bond donors (Lipinski definition) is 0. The van der Waals surface area contributed by atoms with Crippen LogP contribution in [0.15, 0.2) is 0 Å². The second-order valence-electron chi connectivity index (χ2n) is 11.3. The minimum atomic E-state index is 0.327. The van der Waals surface area contributed by atoms with E-state index in [4.69, 9.17) is 0 Å². The van der Waals surface area contributed by atoms with Crippen molar-refractivity contribution in [1.29, 1.82) is 0 Å². The molecule has 0 aromatic rings. The van der Waals surface area contributed by atoms with Gasteiger partial charge in [0.2, 0.25) is 0 Å². The Bertz CT molecular complexity index is 373. The Kier molecular flexibility index (Phi) is 4.54. The van der Waals surface area contributed by atoms with Crippen LogP contribution in [0.2, 0.25) is 0 Å². The normalized spacial score (nSPS) is 32.6. The van der Waals surface area contributed by atoms with Gasteiger partial charge in [-0.3, -0.25) is 0 Å². The quantitative estimate of drug-likeness (QED) is 0.449. The lowest BCUT2D eigenvalue weighted by molar-refractivity contribution is -0.0835. The van der Waals surface area contributed by atoms with Crippen LogP contribution >= 0.6 is 0 Å². The highest BCUT2D eigenvalue weighted by atomic mass is 14.6. The fourth-order valence-corrected chi connectivity index (χ4v) is 4.89. The minimum Gasteiger partial charge on any atom is -0.0617 e. The molecule has 0 saturated heterocycles. The van der Waals surface area contributed by atoms with Crippen LogP contribution in [-0.2, 0) is 0 Å². The molecule has 0 radical (unpaired) electrons. The van der Waals surface area contributed by atoms with Crippen molar-refractivity contribution in [3.63, 3.8) is 0 Å². The lowest BCUT2D eigenvalue weighted by Crippen LogP contribution is -2.50. The van der Waals surface area contributed by atoms with Gasteiger partial charge in [0.05, 0.1) is 0 Å². The first-order valence-corrected chi connectivity index (χ1v) is 8.98. The fourth-order valence-electron chi connectivity index (χ4n) is 4.89. The molecule has 0 bridgehead atoms. The molecular weight excluding hydrogens is 252 g/mol.